The highest BCUT2D eigenvalue weighted by molar-refractivity contribution is 7.86. The number of ether oxygens (including phenoxy) is 1. The first kappa shape index (κ1) is 20.7. The van der Waals surface area contributed by atoms with Crippen molar-refractivity contribution in [2.75, 3.05) is 19.8 Å². The van der Waals surface area contributed by atoms with Gasteiger partial charge in [-0.15, -0.1) is 0 Å². The van der Waals surface area contributed by atoms with E-state index in [0.717, 1.165) is 5.56 Å². The Balaban J connectivity index is 2.04. The van der Waals surface area contributed by atoms with Crippen LogP contribution >= 0.6 is 0 Å². The minimum atomic E-state index is -3.90. The molecule has 26 heavy (non-hydrogen) atoms. The molecule has 1 fully saturated rings. The highest BCUT2D eigenvalue weighted by atomic mass is 32.2. The van der Waals surface area contributed by atoms with Gasteiger partial charge in [0.2, 0.25) is 0 Å². The minimum absolute atomic E-state index is 0.0775. The molecule has 1 heterocycles. The number of likely N-dealkylation sites (tertiary alicyclic amines) is 1. The molecule has 8 heteroatoms. The van der Waals surface area contributed by atoms with Gasteiger partial charge in [-0.05, 0) is 37.8 Å². The van der Waals surface area contributed by atoms with Crippen LogP contribution in [0.2, 0.25) is 0 Å². The predicted molar refractivity (Wildman–Crippen MR) is 96.2 cm³/mol. The van der Waals surface area contributed by atoms with Gasteiger partial charge < -0.3 is 9.84 Å². The monoisotopic (exact) mass is 385 g/mol. The van der Waals surface area contributed by atoms with E-state index in [1.165, 1.54) is 17.0 Å². The van der Waals surface area contributed by atoms with Gasteiger partial charge in [0, 0.05) is 0 Å². The second-order valence-electron chi connectivity index (χ2n) is 7.00. The molecule has 0 aromatic heterocycles. The number of aryl methyl sites for hydroxylation is 1. The van der Waals surface area contributed by atoms with Crippen molar-refractivity contribution in [2.24, 2.45) is 5.92 Å². The lowest BCUT2D eigenvalue weighted by Gasteiger charge is -2.28. The molecule has 1 N–H and O–H groups in total. The number of nitrogens with zero attached hydrogens (tertiary/aromatic N) is 1. The van der Waals surface area contributed by atoms with Gasteiger partial charge in [-0.1, -0.05) is 31.5 Å². The van der Waals surface area contributed by atoms with Crippen molar-refractivity contribution in [1.29, 1.82) is 0 Å². The average molecular weight is 385 g/mol. The van der Waals surface area contributed by atoms with Crippen LogP contribution in [-0.4, -0.2) is 56.4 Å². The summed E-state index contributed by atoms with van der Waals surface area (Å²) in [7, 11) is -3.90. The third-order valence-electron chi connectivity index (χ3n) is 4.31. The maximum absolute atomic E-state index is 12.3. The van der Waals surface area contributed by atoms with E-state index in [9.17, 15) is 18.3 Å². The third kappa shape index (κ3) is 5.18. The Morgan fingerprint density at radius 3 is 2.42 bits per heavy atom. The molecule has 0 aliphatic carbocycles. The van der Waals surface area contributed by atoms with Crippen LogP contribution in [0.4, 0.5) is 4.79 Å². The molecule has 1 aromatic carbocycles. The molecule has 0 saturated carbocycles. The molecule has 0 bridgehead atoms. The number of amides is 1. The first-order valence-corrected chi connectivity index (χ1v) is 10.2. The molecular weight excluding hydrogens is 358 g/mol. The van der Waals surface area contributed by atoms with Gasteiger partial charge in [0.15, 0.2) is 0 Å². The molecule has 2 rings (SSSR count). The number of hydrogen-bond acceptors (Lipinski definition) is 6. The summed E-state index contributed by atoms with van der Waals surface area (Å²) in [6.07, 6.45) is 0.577. The lowest BCUT2D eigenvalue weighted by atomic mass is 10.2. The van der Waals surface area contributed by atoms with Crippen molar-refractivity contribution in [3.8, 4) is 0 Å². The van der Waals surface area contributed by atoms with Crippen molar-refractivity contribution in [2.45, 2.75) is 50.6 Å². The molecule has 146 valence electrons. The Morgan fingerprint density at radius 1 is 1.23 bits per heavy atom. The van der Waals surface area contributed by atoms with Gasteiger partial charge in [0.25, 0.3) is 10.1 Å². The van der Waals surface area contributed by atoms with Crippen molar-refractivity contribution in [3.05, 3.63) is 29.8 Å². The summed E-state index contributed by atoms with van der Waals surface area (Å²) in [6.45, 7) is 5.63. The summed E-state index contributed by atoms with van der Waals surface area (Å²) in [6, 6.07) is 5.54. The summed E-state index contributed by atoms with van der Waals surface area (Å²) < 4.78 is 35.1. The highest BCUT2D eigenvalue weighted by Crippen LogP contribution is 2.26. The van der Waals surface area contributed by atoms with Gasteiger partial charge in [-0.3, -0.25) is 9.08 Å². The number of aliphatic hydroxyl groups excluding tert-OH is 1. The standard InChI is InChI=1S/C18H27NO6S/c1-13(2)11-24-18(21)19-15(10-20)6-7-16(19)12-25-26(22,23)17-8-4-14(3)5-9-17/h4-5,8-9,13,15-16,20H,6-7,10-12H2,1-3H3. The second-order valence-corrected chi connectivity index (χ2v) is 8.61. The van der Waals surface area contributed by atoms with Gasteiger partial charge in [0.1, 0.15) is 0 Å². The van der Waals surface area contributed by atoms with Gasteiger partial charge >= 0.3 is 6.09 Å². The van der Waals surface area contributed by atoms with E-state index in [2.05, 4.69) is 0 Å². The average Bonchev–Trinajstić information content (AvgIpc) is 3.01. The zero-order valence-corrected chi connectivity index (χ0v) is 16.2. The van der Waals surface area contributed by atoms with Crippen molar-refractivity contribution >= 4 is 16.2 Å². The van der Waals surface area contributed by atoms with Crippen LogP contribution in [0.25, 0.3) is 0 Å². The molecule has 2 atom stereocenters. The maximum atomic E-state index is 12.3. The molecule has 0 spiro atoms. The summed E-state index contributed by atoms with van der Waals surface area (Å²) in [5.41, 5.74) is 0.949. The molecular formula is C18H27NO6S. The fraction of sp³-hybridized carbons (Fsp3) is 0.611. The Morgan fingerprint density at radius 2 is 1.85 bits per heavy atom. The van der Waals surface area contributed by atoms with Crippen LogP contribution in [0.15, 0.2) is 29.2 Å². The fourth-order valence-corrected chi connectivity index (χ4v) is 3.80. The Labute approximate surface area is 155 Å². The van der Waals surface area contributed by atoms with Gasteiger partial charge in [-0.2, -0.15) is 8.42 Å². The van der Waals surface area contributed by atoms with E-state index in [-0.39, 0.29) is 36.7 Å². The van der Waals surface area contributed by atoms with Crippen LogP contribution in [0.5, 0.6) is 0 Å². The largest absolute Gasteiger partial charge is 0.449 e. The first-order chi connectivity index (χ1) is 12.2. The molecule has 1 amide bonds. The quantitative estimate of drug-likeness (QED) is 0.724. The molecule has 1 saturated heterocycles. The van der Waals surface area contributed by atoms with E-state index in [0.29, 0.717) is 12.8 Å². The Bertz CT molecular complexity index is 701. The Hall–Kier alpha value is -1.64. The minimum Gasteiger partial charge on any atom is -0.449 e. The highest BCUT2D eigenvalue weighted by Gasteiger charge is 2.38. The number of aliphatic hydroxyl groups is 1. The topological polar surface area (TPSA) is 93.1 Å². The van der Waals surface area contributed by atoms with Crippen LogP contribution in [-0.2, 0) is 19.0 Å². The zero-order chi connectivity index (χ0) is 19.3. The Kier molecular flexibility index (Phi) is 7.02. The van der Waals surface area contributed by atoms with Gasteiger partial charge in [-0.25, -0.2) is 4.79 Å². The summed E-state index contributed by atoms with van der Waals surface area (Å²) in [5.74, 6) is 0.186. The molecule has 2 unspecified atom stereocenters. The number of hydrogen-bond donors (Lipinski definition) is 1. The van der Waals surface area contributed by atoms with E-state index in [4.69, 9.17) is 8.92 Å². The number of carbonyl (C=O) groups is 1. The maximum Gasteiger partial charge on any atom is 0.410 e. The smallest absolute Gasteiger partial charge is 0.410 e. The lowest BCUT2D eigenvalue weighted by Crippen LogP contribution is -2.45. The molecule has 7 nitrogen and oxygen atoms in total. The first-order valence-electron chi connectivity index (χ1n) is 8.76. The molecule has 1 aromatic rings. The van der Waals surface area contributed by atoms with E-state index < -0.39 is 22.3 Å². The second kappa shape index (κ2) is 8.83. The van der Waals surface area contributed by atoms with Crippen molar-refractivity contribution in [3.63, 3.8) is 0 Å². The number of benzene rings is 1. The normalized spacial score (nSPS) is 20.6. The molecule has 0 radical (unpaired) electrons. The molecule has 1 aliphatic heterocycles. The van der Waals surface area contributed by atoms with E-state index >= 15 is 0 Å². The van der Waals surface area contributed by atoms with Crippen molar-refractivity contribution < 1.29 is 27.2 Å². The summed E-state index contributed by atoms with van der Waals surface area (Å²) in [4.78, 5) is 13.8. The third-order valence-corrected chi connectivity index (χ3v) is 5.60. The SMILES string of the molecule is Cc1ccc(S(=O)(=O)OCC2CCC(CO)N2C(=O)OCC(C)C)cc1. The number of rotatable bonds is 7. The predicted octanol–water partition coefficient (Wildman–Crippen LogP) is 2.32. The van der Waals surface area contributed by atoms with E-state index in [1.54, 1.807) is 12.1 Å². The van der Waals surface area contributed by atoms with Crippen LogP contribution < -0.4 is 0 Å². The number of carbonyl (C=O) groups excluding carboxylic acids is 1. The summed E-state index contributed by atoms with van der Waals surface area (Å²) in [5, 5.41) is 9.50. The fourth-order valence-electron chi connectivity index (χ4n) is 2.86. The van der Waals surface area contributed by atoms with Crippen LogP contribution in [0.1, 0.15) is 32.3 Å². The van der Waals surface area contributed by atoms with E-state index in [1.807, 2.05) is 20.8 Å². The van der Waals surface area contributed by atoms with Gasteiger partial charge in [0.05, 0.1) is 36.8 Å². The van der Waals surface area contributed by atoms with Crippen LogP contribution in [0, 0.1) is 12.8 Å². The van der Waals surface area contributed by atoms with Crippen molar-refractivity contribution in [1.82, 2.24) is 4.90 Å². The summed E-state index contributed by atoms with van der Waals surface area (Å²) >= 11 is 0. The molecule has 1 aliphatic rings. The lowest BCUT2D eigenvalue weighted by molar-refractivity contribution is 0.0539. The zero-order valence-electron chi connectivity index (χ0n) is 15.4. The van der Waals surface area contributed by atoms with Crippen LogP contribution in [0.3, 0.4) is 0 Å².